The third kappa shape index (κ3) is 5.96. The number of halogens is 2. The molecule has 0 amide bonds. The molecule has 1 aromatic heterocycles. The number of hydrogen-bond acceptors (Lipinski definition) is 4. The van der Waals surface area contributed by atoms with E-state index in [-0.39, 0.29) is 24.0 Å². The number of benzene rings is 2. The zero-order valence-corrected chi connectivity index (χ0v) is 19.5. The standard InChI is InChI=1S/C20H21BrN4O2.HI/c1-22-20(23-11-14-8-9-18(26-2)17(21)10-14)24-12-16-13-27-19(25-16)15-6-4-3-5-7-15;/h3-10,13H,11-12H2,1-2H3,(H2,22,23,24);1H. The molecule has 0 atom stereocenters. The number of ether oxygens (including phenoxy) is 1. The molecule has 2 N–H and O–H groups in total. The number of nitrogens with one attached hydrogen (secondary N) is 2. The first kappa shape index (κ1) is 22.2. The fourth-order valence-corrected chi connectivity index (χ4v) is 3.09. The van der Waals surface area contributed by atoms with Crippen molar-refractivity contribution < 1.29 is 9.15 Å². The molecule has 3 aromatic rings. The molecule has 148 valence electrons. The van der Waals surface area contributed by atoms with Gasteiger partial charge < -0.3 is 19.8 Å². The van der Waals surface area contributed by atoms with Crippen molar-refractivity contribution in [2.45, 2.75) is 13.1 Å². The van der Waals surface area contributed by atoms with E-state index < -0.39 is 0 Å². The molecule has 0 radical (unpaired) electrons. The van der Waals surface area contributed by atoms with Gasteiger partial charge in [0.25, 0.3) is 0 Å². The summed E-state index contributed by atoms with van der Waals surface area (Å²) in [4.78, 5) is 8.74. The maximum absolute atomic E-state index is 5.55. The minimum Gasteiger partial charge on any atom is -0.496 e. The molecule has 3 rings (SSSR count). The van der Waals surface area contributed by atoms with Crippen LogP contribution < -0.4 is 15.4 Å². The Bertz CT molecular complexity index is 916. The predicted octanol–water partition coefficient (Wildman–Crippen LogP) is 4.60. The van der Waals surface area contributed by atoms with E-state index >= 15 is 0 Å². The molecule has 0 aliphatic heterocycles. The van der Waals surface area contributed by atoms with Gasteiger partial charge in [0.1, 0.15) is 12.0 Å². The van der Waals surface area contributed by atoms with Crippen LogP contribution >= 0.6 is 39.9 Å². The predicted molar refractivity (Wildman–Crippen MR) is 125 cm³/mol. The average Bonchev–Trinajstić information content (AvgIpc) is 3.18. The highest BCUT2D eigenvalue weighted by Crippen LogP contribution is 2.25. The van der Waals surface area contributed by atoms with Crippen molar-refractivity contribution in [3.63, 3.8) is 0 Å². The molecule has 0 aliphatic rings. The molecule has 0 fully saturated rings. The number of guanidine groups is 1. The fourth-order valence-electron chi connectivity index (χ4n) is 2.50. The van der Waals surface area contributed by atoms with Gasteiger partial charge in [-0.2, -0.15) is 0 Å². The molecule has 0 saturated carbocycles. The summed E-state index contributed by atoms with van der Waals surface area (Å²) in [5, 5.41) is 6.52. The van der Waals surface area contributed by atoms with Crippen molar-refractivity contribution >= 4 is 45.9 Å². The molecule has 0 bridgehead atoms. The second kappa shape index (κ2) is 11.1. The number of aromatic nitrogens is 1. The van der Waals surface area contributed by atoms with E-state index in [9.17, 15) is 0 Å². The van der Waals surface area contributed by atoms with Crippen LogP contribution in [0.4, 0.5) is 0 Å². The van der Waals surface area contributed by atoms with E-state index in [1.165, 1.54) is 0 Å². The summed E-state index contributed by atoms with van der Waals surface area (Å²) in [6, 6.07) is 15.8. The second-order valence-electron chi connectivity index (χ2n) is 5.76. The van der Waals surface area contributed by atoms with Gasteiger partial charge in [0.15, 0.2) is 5.96 Å². The van der Waals surface area contributed by atoms with Crippen LogP contribution in [0.25, 0.3) is 11.5 Å². The van der Waals surface area contributed by atoms with E-state index in [1.807, 2.05) is 48.5 Å². The number of hydrogen-bond donors (Lipinski definition) is 2. The Labute approximate surface area is 190 Å². The van der Waals surface area contributed by atoms with Crippen LogP contribution in [0.1, 0.15) is 11.3 Å². The maximum Gasteiger partial charge on any atom is 0.226 e. The van der Waals surface area contributed by atoms with E-state index in [2.05, 4.69) is 36.5 Å². The maximum atomic E-state index is 5.55. The SMILES string of the molecule is CN=C(NCc1ccc(OC)c(Br)c1)NCc1coc(-c2ccccc2)n1.I. The van der Waals surface area contributed by atoms with E-state index in [1.54, 1.807) is 20.4 Å². The Morgan fingerprint density at radius 2 is 1.89 bits per heavy atom. The largest absolute Gasteiger partial charge is 0.496 e. The van der Waals surface area contributed by atoms with Crippen molar-refractivity contribution in [3.8, 4) is 17.2 Å². The summed E-state index contributed by atoms with van der Waals surface area (Å²) in [6.07, 6.45) is 1.66. The van der Waals surface area contributed by atoms with E-state index in [4.69, 9.17) is 9.15 Å². The summed E-state index contributed by atoms with van der Waals surface area (Å²) in [5.74, 6) is 2.10. The Hall–Kier alpha value is -2.07. The first-order chi connectivity index (χ1) is 13.2. The highest BCUT2D eigenvalue weighted by molar-refractivity contribution is 14.0. The van der Waals surface area contributed by atoms with Crippen molar-refractivity contribution in [3.05, 3.63) is 70.5 Å². The molecule has 1 heterocycles. The number of methoxy groups -OCH3 is 1. The lowest BCUT2D eigenvalue weighted by molar-refractivity contribution is 0.412. The Balaban J connectivity index is 0.00000280. The molecule has 8 heteroatoms. The van der Waals surface area contributed by atoms with Gasteiger partial charge in [-0.05, 0) is 45.8 Å². The average molecular weight is 557 g/mol. The van der Waals surface area contributed by atoms with Gasteiger partial charge in [-0.15, -0.1) is 24.0 Å². The quantitative estimate of drug-likeness (QED) is 0.264. The number of rotatable bonds is 6. The zero-order valence-electron chi connectivity index (χ0n) is 15.6. The monoisotopic (exact) mass is 556 g/mol. The van der Waals surface area contributed by atoms with Crippen molar-refractivity contribution in [1.29, 1.82) is 0 Å². The molecule has 0 saturated heterocycles. The number of nitrogens with zero attached hydrogens (tertiary/aromatic N) is 2. The molecular formula is C20H22BrIN4O2. The summed E-state index contributed by atoms with van der Waals surface area (Å²) < 4.78 is 11.7. The molecule has 2 aromatic carbocycles. The summed E-state index contributed by atoms with van der Waals surface area (Å²) >= 11 is 3.50. The minimum atomic E-state index is 0. The Morgan fingerprint density at radius 1 is 1.14 bits per heavy atom. The molecule has 0 aliphatic carbocycles. The number of oxazole rings is 1. The number of aliphatic imine (C=N–C) groups is 1. The molecule has 0 unspecified atom stereocenters. The van der Waals surface area contributed by atoms with Gasteiger partial charge in [-0.25, -0.2) is 4.98 Å². The van der Waals surface area contributed by atoms with Crippen molar-refractivity contribution in [2.75, 3.05) is 14.2 Å². The lowest BCUT2D eigenvalue weighted by Crippen LogP contribution is -2.36. The summed E-state index contributed by atoms with van der Waals surface area (Å²) in [5.41, 5.74) is 2.87. The van der Waals surface area contributed by atoms with Crippen LogP contribution in [0.15, 0.2) is 68.7 Å². The minimum absolute atomic E-state index is 0. The molecule has 6 nitrogen and oxygen atoms in total. The Kier molecular flexibility index (Phi) is 8.78. The fraction of sp³-hybridized carbons (Fsp3) is 0.200. The normalized spacial score (nSPS) is 10.9. The van der Waals surface area contributed by atoms with Gasteiger partial charge in [-0.3, -0.25) is 4.99 Å². The highest BCUT2D eigenvalue weighted by Gasteiger charge is 2.07. The van der Waals surface area contributed by atoms with Crippen LogP contribution in [0.2, 0.25) is 0 Å². The summed E-state index contributed by atoms with van der Waals surface area (Å²) in [6.45, 7) is 1.15. The molecular weight excluding hydrogens is 535 g/mol. The Morgan fingerprint density at radius 3 is 2.57 bits per heavy atom. The van der Waals surface area contributed by atoms with Crippen LogP contribution in [-0.4, -0.2) is 25.1 Å². The lowest BCUT2D eigenvalue weighted by atomic mass is 10.2. The van der Waals surface area contributed by atoms with Gasteiger partial charge >= 0.3 is 0 Å². The zero-order chi connectivity index (χ0) is 19.1. The molecule has 28 heavy (non-hydrogen) atoms. The lowest BCUT2D eigenvalue weighted by Gasteiger charge is -2.12. The van der Waals surface area contributed by atoms with E-state index in [0.29, 0.717) is 24.9 Å². The van der Waals surface area contributed by atoms with Gasteiger partial charge in [0.2, 0.25) is 5.89 Å². The molecule has 0 spiro atoms. The summed E-state index contributed by atoms with van der Waals surface area (Å²) in [7, 11) is 3.38. The third-order valence-electron chi connectivity index (χ3n) is 3.91. The van der Waals surface area contributed by atoms with E-state index in [0.717, 1.165) is 27.0 Å². The van der Waals surface area contributed by atoms with Gasteiger partial charge in [-0.1, -0.05) is 24.3 Å². The third-order valence-corrected chi connectivity index (χ3v) is 4.53. The van der Waals surface area contributed by atoms with Crippen LogP contribution in [0.3, 0.4) is 0 Å². The van der Waals surface area contributed by atoms with Crippen molar-refractivity contribution in [2.24, 2.45) is 4.99 Å². The first-order valence-corrected chi connectivity index (χ1v) is 9.25. The smallest absolute Gasteiger partial charge is 0.226 e. The van der Waals surface area contributed by atoms with Gasteiger partial charge in [0.05, 0.1) is 23.8 Å². The van der Waals surface area contributed by atoms with Crippen LogP contribution in [-0.2, 0) is 13.1 Å². The van der Waals surface area contributed by atoms with Gasteiger partial charge in [0, 0.05) is 19.2 Å². The van der Waals surface area contributed by atoms with Crippen LogP contribution in [0, 0.1) is 0 Å². The van der Waals surface area contributed by atoms with Crippen molar-refractivity contribution in [1.82, 2.24) is 15.6 Å². The highest BCUT2D eigenvalue weighted by atomic mass is 127. The second-order valence-corrected chi connectivity index (χ2v) is 6.61. The first-order valence-electron chi connectivity index (χ1n) is 8.46. The van der Waals surface area contributed by atoms with Crippen LogP contribution in [0.5, 0.6) is 5.75 Å². The topological polar surface area (TPSA) is 71.7 Å².